The molecule has 2 aromatic rings. The summed E-state index contributed by atoms with van der Waals surface area (Å²) in [6.45, 7) is 6.04. The Labute approximate surface area is 153 Å². The lowest BCUT2D eigenvalue weighted by Crippen LogP contribution is -2.09. The number of ether oxygens (including phenoxy) is 3. The summed E-state index contributed by atoms with van der Waals surface area (Å²) in [5.41, 5.74) is 2.98. The average Bonchev–Trinajstić information content (AvgIpc) is 2.62. The van der Waals surface area contributed by atoms with Crippen LogP contribution < -0.4 is 14.2 Å². The zero-order valence-corrected chi connectivity index (χ0v) is 15.8. The van der Waals surface area contributed by atoms with Gasteiger partial charge in [0.15, 0.2) is 0 Å². The van der Waals surface area contributed by atoms with Crippen molar-refractivity contribution in [3.05, 3.63) is 52.0 Å². The van der Waals surface area contributed by atoms with Gasteiger partial charge in [0.05, 0.1) is 17.7 Å². The lowest BCUT2D eigenvalue weighted by molar-refractivity contribution is -0.134. The van der Waals surface area contributed by atoms with Crippen molar-refractivity contribution in [2.75, 3.05) is 7.11 Å². The second-order valence-electron chi connectivity index (χ2n) is 5.62. The number of benzene rings is 2. The molecule has 0 aliphatic rings. The summed E-state index contributed by atoms with van der Waals surface area (Å²) >= 11 is 6.32. The molecule has 0 spiro atoms. The SMILES string of the molecule is CCC(=O)Oc1cccc(OC)c1COc1cc(C)c(CC)cc1Cl. The molecule has 0 fully saturated rings. The zero-order chi connectivity index (χ0) is 18.4. The molecule has 0 saturated carbocycles. The van der Waals surface area contributed by atoms with E-state index in [9.17, 15) is 4.79 Å². The molecule has 0 amide bonds. The molecule has 0 aliphatic heterocycles. The molecule has 0 heterocycles. The standard InChI is InChI=1S/C20H23ClO4/c1-5-14-11-16(21)19(10-13(14)3)24-12-15-17(23-4)8-7-9-18(15)25-20(22)6-2/h7-11H,5-6,12H2,1-4H3. The first kappa shape index (κ1) is 19.1. The summed E-state index contributed by atoms with van der Waals surface area (Å²) in [5.74, 6) is 1.31. The maximum Gasteiger partial charge on any atom is 0.310 e. The highest BCUT2D eigenvalue weighted by Gasteiger charge is 2.15. The van der Waals surface area contributed by atoms with Crippen LogP contribution in [0.2, 0.25) is 5.02 Å². The van der Waals surface area contributed by atoms with E-state index in [0.29, 0.717) is 34.3 Å². The third kappa shape index (κ3) is 4.67. The predicted molar refractivity (Wildman–Crippen MR) is 98.8 cm³/mol. The Morgan fingerprint density at radius 3 is 2.48 bits per heavy atom. The Hall–Kier alpha value is -2.20. The van der Waals surface area contributed by atoms with E-state index in [-0.39, 0.29) is 12.6 Å². The number of aryl methyl sites for hydroxylation is 2. The van der Waals surface area contributed by atoms with Crippen LogP contribution in [0.5, 0.6) is 17.2 Å². The molecule has 0 aromatic heterocycles. The van der Waals surface area contributed by atoms with E-state index in [2.05, 4.69) is 6.92 Å². The summed E-state index contributed by atoms with van der Waals surface area (Å²) in [6.07, 6.45) is 1.20. The quantitative estimate of drug-likeness (QED) is 0.507. The van der Waals surface area contributed by atoms with Crippen molar-refractivity contribution in [3.8, 4) is 17.2 Å². The van der Waals surface area contributed by atoms with Gasteiger partial charge in [0.1, 0.15) is 23.9 Å². The molecule has 0 N–H and O–H groups in total. The summed E-state index contributed by atoms with van der Waals surface area (Å²) < 4.78 is 16.7. The Balaban J connectivity index is 2.28. The highest BCUT2D eigenvalue weighted by atomic mass is 35.5. The van der Waals surface area contributed by atoms with Gasteiger partial charge in [-0.05, 0) is 48.7 Å². The average molecular weight is 363 g/mol. The summed E-state index contributed by atoms with van der Waals surface area (Å²) in [4.78, 5) is 11.7. The minimum absolute atomic E-state index is 0.182. The normalized spacial score (nSPS) is 10.4. The van der Waals surface area contributed by atoms with Gasteiger partial charge in [0.25, 0.3) is 0 Å². The third-order valence-electron chi connectivity index (χ3n) is 3.97. The molecule has 0 aliphatic carbocycles. The van der Waals surface area contributed by atoms with Gasteiger partial charge in [-0.15, -0.1) is 0 Å². The van der Waals surface area contributed by atoms with Crippen LogP contribution >= 0.6 is 11.6 Å². The molecule has 134 valence electrons. The van der Waals surface area contributed by atoms with E-state index < -0.39 is 0 Å². The highest BCUT2D eigenvalue weighted by Crippen LogP contribution is 2.33. The van der Waals surface area contributed by atoms with E-state index in [1.165, 1.54) is 5.56 Å². The molecule has 2 aromatic carbocycles. The number of halogens is 1. The number of esters is 1. The van der Waals surface area contributed by atoms with Gasteiger partial charge in [-0.25, -0.2) is 0 Å². The first-order valence-corrected chi connectivity index (χ1v) is 8.66. The van der Waals surface area contributed by atoms with Crippen molar-refractivity contribution in [2.45, 2.75) is 40.2 Å². The van der Waals surface area contributed by atoms with Crippen LogP contribution in [0.1, 0.15) is 37.0 Å². The summed E-state index contributed by atoms with van der Waals surface area (Å²) in [6, 6.07) is 9.14. The molecular weight excluding hydrogens is 340 g/mol. The fraction of sp³-hybridized carbons (Fsp3) is 0.350. The van der Waals surface area contributed by atoms with Crippen LogP contribution in [-0.4, -0.2) is 13.1 Å². The van der Waals surface area contributed by atoms with E-state index in [0.717, 1.165) is 12.0 Å². The van der Waals surface area contributed by atoms with Gasteiger partial charge in [0.2, 0.25) is 0 Å². The number of methoxy groups -OCH3 is 1. The Morgan fingerprint density at radius 1 is 1.12 bits per heavy atom. The molecule has 0 unspecified atom stereocenters. The van der Waals surface area contributed by atoms with Gasteiger partial charge >= 0.3 is 5.97 Å². The molecular formula is C20H23ClO4. The molecule has 2 rings (SSSR count). The van der Waals surface area contributed by atoms with Crippen molar-refractivity contribution < 1.29 is 19.0 Å². The van der Waals surface area contributed by atoms with Gasteiger partial charge in [-0.1, -0.05) is 31.5 Å². The van der Waals surface area contributed by atoms with Gasteiger partial charge < -0.3 is 14.2 Å². The van der Waals surface area contributed by atoms with Crippen molar-refractivity contribution in [3.63, 3.8) is 0 Å². The molecule has 0 bridgehead atoms. The van der Waals surface area contributed by atoms with Crippen LogP contribution in [0.15, 0.2) is 30.3 Å². The third-order valence-corrected chi connectivity index (χ3v) is 4.26. The molecule has 0 saturated heterocycles. The molecule has 5 heteroatoms. The van der Waals surface area contributed by atoms with Crippen LogP contribution in [0, 0.1) is 6.92 Å². The number of hydrogen-bond donors (Lipinski definition) is 0. The van der Waals surface area contributed by atoms with E-state index >= 15 is 0 Å². The van der Waals surface area contributed by atoms with Crippen LogP contribution in [0.25, 0.3) is 0 Å². The van der Waals surface area contributed by atoms with E-state index in [1.807, 2.05) is 19.1 Å². The minimum atomic E-state index is -0.310. The first-order chi connectivity index (χ1) is 12.0. The molecule has 4 nitrogen and oxygen atoms in total. The van der Waals surface area contributed by atoms with Crippen LogP contribution in [0.4, 0.5) is 0 Å². The lowest BCUT2D eigenvalue weighted by Gasteiger charge is -2.16. The Bertz CT molecular complexity index is 756. The summed E-state index contributed by atoms with van der Waals surface area (Å²) in [5, 5.41) is 0.560. The van der Waals surface area contributed by atoms with Gasteiger partial charge in [0, 0.05) is 6.42 Å². The Kier molecular flexibility index (Phi) is 6.71. The van der Waals surface area contributed by atoms with Crippen molar-refractivity contribution in [1.82, 2.24) is 0 Å². The summed E-state index contributed by atoms with van der Waals surface area (Å²) in [7, 11) is 1.57. The van der Waals surface area contributed by atoms with Crippen molar-refractivity contribution in [2.24, 2.45) is 0 Å². The fourth-order valence-corrected chi connectivity index (χ4v) is 2.75. The smallest absolute Gasteiger partial charge is 0.310 e. The van der Waals surface area contributed by atoms with Crippen LogP contribution in [-0.2, 0) is 17.8 Å². The second-order valence-corrected chi connectivity index (χ2v) is 6.02. The molecule has 25 heavy (non-hydrogen) atoms. The number of rotatable bonds is 7. The minimum Gasteiger partial charge on any atom is -0.496 e. The maximum absolute atomic E-state index is 11.7. The van der Waals surface area contributed by atoms with E-state index in [4.69, 9.17) is 25.8 Å². The maximum atomic E-state index is 11.7. The fourth-order valence-electron chi connectivity index (χ4n) is 2.51. The van der Waals surface area contributed by atoms with E-state index in [1.54, 1.807) is 32.2 Å². The largest absolute Gasteiger partial charge is 0.496 e. The first-order valence-electron chi connectivity index (χ1n) is 8.28. The Morgan fingerprint density at radius 2 is 1.84 bits per heavy atom. The molecule has 0 radical (unpaired) electrons. The zero-order valence-electron chi connectivity index (χ0n) is 15.0. The predicted octanol–water partition coefficient (Wildman–Crippen LogP) is 5.11. The van der Waals surface area contributed by atoms with Crippen molar-refractivity contribution in [1.29, 1.82) is 0 Å². The topological polar surface area (TPSA) is 44.8 Å². The van der Waals surface area contributed by atoms with Gasteiger partial charge in [-0.2, -0.15) is 0 Å². The second kappa shape index (κ2) is 8.77. The number of carbonyl (C=O) groups excluding carboxylic acids is 1. The number of hydrogen-bond acceptors (Lipinski definition) is 4. The monoisotopic (exact) mass is 362 g/mol. The van der Waals surface area contributed by atoms with Gasteiger partial charge in [-0.3, -0.25) is 4.79 Å². The highest BCUT2D eigenvalue weighted by molar-refractivity contribution is 6.32. The molecule has 0 atom stereocenters. The van der Waals surface area contributed by atoms with Crippen LogP contribution in [0.3, 0.4) is 0 Å². The van der Waals surface area contributed by atoms with Crippen molar-refractivity contribution >= 4 is 17.6 Å². The number of carbonyl (C=O) groups is 1. The lowest BCUT2D eigenvalue weighted by atomic mass is 10.1.